The molecule has 0 bridgehead atoms. The number of nitrogens with one attached hydrogen (secondary N) is 2. The second-order valence-corrected chi connectivity index (χ2v) is 8.79. The highest BCUT2D eigenvalue weighted by Crippen LogP contribution is 2.40. The van der Waals surface area contributed by atoms with Crippen molar-refractivity contribution < 1.29 is 0 Å². The number of likely N-dealkylation sites (N-methyl/N-ethyl adjacent to an activating group) is 1. The van der Waals surface area contributed by atoms with Gasteiger partial charge in [0.2, 0.25) is 0 Å². The molecule has 0 radical (unpaired) electrons. The maximum atomic E-state index is 4.83. The van der Waals surface area contributed by atoms with Gasteiger partial charge in [-0.3, -0.25) is 0 Å². The average Bonchev–Trinajstić information content (AvgIpc) is 3.38. The molecule has 0 saturated carbocycles. The molecule has 2 N–H and O–H groups in total. The molecule has 4 aromatic rings. The topological polar surface area (TPSA) is 53.1 Å². The lowest BCUT2D eigenvalue weighted by molar-refractivity contribution is 0.406. The molecule has 0 aliphatic carbocycles. The Balaban J connectivity index is 1.75. The van der Waals surface area contributed by atoms with Crippen LogP contribution < -0.4 is 10.9 Å². The molecule has 0 saturated heterocycles. The first kappa shape index (κ1) is 17.6. The fourth-order valence-electron chi connectivity index (χ4n) is 2.59. The molecule has 0 fully saturated rings. The molecule has 0 spiro atoms. The molecule has 0 aliphatic rings. The number of fused-ring (bicyclic) bond motifs is 1. The Kier molecular flexibility index (Phi) is 5.28. The van der Waals surface area contributed by atoms with Gasteiger partial charge < -0.3 is 10.3 Å². The fraction of sp³-hybridized carbons (Fsp3) is 0.222. The number of anilines is 1. The quantitative estimate of drug-likeness (QED) is 0.349. The Labute approximate surface area is 164 Å². The third kappa shape index (κ3) is 3.65. The Morgan fingerprint density at radius 2 is 1.77 bits per heavy atom. The van der Waals surface area contributed by atoms with E-state index in [0.29, 0.717) is 0 Å². The summed E-state index contributed by atoms with van der Waals surface area (Å²) < 4.78 is 0. The molecule has 4 aromatic heterocycles. The van der Waals surface area contributed by atoms with E-state index in [2.05, 4.69) is 64.2 Å². The van der Waals surface area contributed by atoms with Crippen LogP contribution in [0.4, 0.5) is 5.82 Å². The lowest BCUT2D eigenvalue weighted by atomic mass is 10.2. The summed E-state index contributed by atoms with van der Waals surface area (Å²) in [5.41, 5.74) is 7.80. The largest absolute Gasteiger partial charge is 0.308 e. The highest BCUT2D eigenvalue weighted by Gasteiger charge is 2.17. The van der Waals surface area contributed by atoms with Crippen LogP contribution in [0.25, 0.3) is 31.4 Å². The zero-order valence-electron chi connectivity index (χ0n) is 14.5. The van der Waals surface area contributed by atoms with Gasteiger partial charge in [0, 0.05) is 28.9 Å². The van der Waals surface area contributed by atoms with E-state index in [0.717, 1.165) is 39.8 Å². The molecular formula is C18H19N5S3. The summed E-state index contributed by atoms with van der Waals surface area (Å²) in [4.78, 5) is 15.1. The molecule has 0 aliphatic heterocycles. The van der Waals surface area contributed by atoms with Crippen LogP contribution >= 0.6 is 34.0 Å². The van der Waals surface area contributed by atoms with Crippen molar-refractivity contribution in [2.45, 2.75) is 0 Å². The zero-order chi connectivity index (χ0) is 17.9. The van der Waals surface area contributed by atoms with E-state index in [-0.39, 0.29) is 0 Å². The first-order valence-corrected chi connectivity index (χ1v) is 10.9. The number of hydrazine groups is 1. The first-order valence-electron chi connectivity index (χ1n) is 8.23. The average molecular weight is 402 g/mol. The highest BCUT2D eigenvalue weighted by molar-refractivity contribution is 7.18. The predicted molar refractivity (Wildman–Crippen MR) is 114 cm³/mol. The minimum atomic E-state index is 0.768. The van der Waals surface area contributed by atoms with Crippen molar-refractivity contribution in [2.75, 3.05) is 32.6 Å². The zero-order valence-corrected chi connectivity index (χ0v) is 17.0. The third-order valence-corrected chi connectivity index (χ3v) is 6.49. The van der Waals surface area contributed by atoms with Gasteiger partial charge in [-0.2, -0.15) is 0 Å². The van der Waals surface area contributed by atoms with Gasteiger partial charge in [0.25, 0.3) is 0 Å². The Morgan fingerprint density at radius 1 is 1.00 bits per heavy atom. The van der Waals surface area contributed by atoms with Gasteiger partial charge in [-0.25, -0.2) is 15.4 Å². The number of hydrogen-bond acceptors (Lipinski definition) is 8. The SMILES string of the molecule is CN(C)CCNNc1nc(-c2cccs2)nc2scc(-c3cccs3)c12. The normalized spacial score (nSPS) is 11.5. The summed E-state index contributed by atoms with van der Waals surface area (Å²) in [5.74, 6) is 1.60. The van der Waals surface area contributed by atoms with Crippen molar-refractivity contribution in [3.05, 3.63) is 40.4 Å². The van der Waals surface area contributed by atoms with E-state index in [9.17, 15) is 0 Å². The molecule has 4 rings (SSSR count). The fourth-order valence-corrected chi connectivity index (χ4v) is 5.01. The summed E-state index contributed by atoms with van der Waals surface area (Å²) in [6, 6.07) is 8.31. The Bertz CT molecular complexity index is 974. The summed E-state index contributed by atoms with van der Waals surface area (Å²) in [6.45, 7) is 1.77. The highest BCUT2D eigenvalue weighted by atomic mass is 32.1. The van der Waals surface area contributed by atoms with Crippen LogP contribution in [0.5, 0.6) is 0 Å². The van der Waals surface area contributed by atoms with Crippen molar-refractivity contribution in [1.29, 1.82) is 0 Å². The van der Waals surface area contributed by atoms with Crippen molar-refractivity contribution in [2.24, 2.45) is 0 Å². The lowest BCUT2D eigenvalue weighted by Gasteiger charge is -2.13. The van der Waals surface area contributed by atoms with E-state index >= 15 is 0 Å². The number of rotatable bonds is 7. The van der Waals surface area contributed by atoms with Crippen LogP contribution in [-0.2, 0) is 0 Å². The van der Waals surface area contributed by atoms with Crippen molar-refractivity contribution in [3.63, 3.8) is 0 Å². The van der Waals surface area contributed by atoms with Gasteiger partial charge >= 0.3 is 0 Å². The molecule has 26 heavy (non-hydrogen) atoms. The van der Waals surface area contributed by atoms with Gasteiger partial charge in [0.1, 0.15) is 4.83 Å². The number of hydrogen-bond donors (Lipinski definition) is 2. The molecule has 0 atom stereocenters. The van der Waals surface area contributed by atoms with Crippen LogP contribution in [0.1, 0.15) is 0 Å². The molecule has 134 valence electrons. The van der Waals surface area contributed by atoms with E-state index in [1.807, 2.05) is 6.07 Å². The van der Waals surface area contributed by atoms with Crippen molar-refractivity contribution >= 4 is 50.0 Å². The molecule has 8 heteroatoms. The van der Waals surface area contributed by atoms with Gasteiger partial charge in [-0.1, -0.05) is 12.1 Å². The molecule has 4 heterocycles. The summed E-state index contributed by atoms with van der Waals surface area (Å²) >= 11 is 5.06. The van der Waals surface area contributed by atoms with Crippen LogP contribution in [0, 0.1) is 0 Å². The van der Waals surface area contributed by atoms with Gasteiger partial charge in [-0.05, 0) is 37.0 Å². The first-order chi connectivity index (χ1) is 12.7. The second kappa shape index (κ2) is 7.81. The molecule has 0 unspecified atom stereocenters. The Morgan fingerprint density at radius 3 is 2.46 bits per heavy atom. The van der Waals surface area contributed by atoms with Gasteiger partial charge in [0.05, 0.1) is 10.3 Å². The number of nitrogens with zero attached hydrogens (tertiary/aromatic N) is 3. The van der Waals surface area contributed by atoms with Crippen LogP contribution in [0.3, 0.4) is 0 Å². The minimum Gasteiger partial charge on any atom is -0.308 e. The van der Waals surface area contributed by atoms with Crippen molar-refractivity contribution in [3.8, 4) is 21.1 Å². The predicted octanol–water partition coefficient (Wildman–Crippen LogP) is 4.63. The van der Waals surface area contributed by atoms with E-state index in [1.165, 1.54) is 10.4 Å². The molecular weight excluding hydrogens is 382 g/mol. The van der Waals surface area contributed by atoms with E-state index in [1.54, 1.807) is 34.0 Å². The van der Waals surface area contributed by atoms with Crippen LogP contribution in [-0.4, -0.2) is 42.1 Å². The van der Waals surface area contributed by atoms with Gasteiger partial charge in [0.15, 0.2) is 11.6 Å². The summed E-state index contributed by atoms with van der Waals surface area (Å²) in [5, 5.41) is 7.41. The molecule has 0 amide bonds. The maximum Gasteiger partial charge on any atom is 0.173 e. The molecule has 5 nitrogen and oxygen atoms in total. The third-order valence-electron chi connectivity index (χ3n) is 3.85. The second-order valence-electron chi connectivity index (χ2n) is 6.04. The number of thiophene rings is 3. The summed E-state index contributed by atoms with van der Waals surface area (Å²) in [6.07, 6.45) is 0. The Hall–Kier alpha value is -1.84. The standard InChI is InChI=1S/C18H19N5S3/c1-23(2)8-7-19-22-17-15-12(13-5-3-9-24-13)11-26-18(15)21-16(20-17)14-6-4-10-25-14/h3-6,9-11,19H,7-8H2,1-2H3,(H,20,21,22). The van der Waals surface area contributed by atoms with Gasteiger partial charge in [-0.15, -0.1) is 34.0 Å². The monoisotopic (exact) mass is 401 g/mol. The number of aromatic nitrogens is 2. The minimum absolute atomic E-state index is 0.768. The summed E-state index contributed by atoms with van der Waals surface area (Å²) in [7, 11) is 4.13. The van der Waals surface area contributed by atoms with E-state index < -0.39 is 0 Å². The smallest absolute Gasteiger partial charge is 0.173 e. The van der Waals surface area contributed by atoms with Crippen LogP contribution in [0.2, 0.25) is 0 Å². The van der Waals surface area contributed by atoms with Crippen LogP contribution in [0.15, 0.2) is 40.4 Å². The van der Waals surface area contributed by atoms with Crippen molar-refractivity contribution in [1.82, 2.24) is 20.3 Å². The van der Waals surface area contributed by atoms with E-state index in [4.69, 9.17) is 9.97 Å². The molecule has 0 aromatic carbocycles. The maximum absolute atomic E-state index is 4.83. The lowest BCUT2D eigenvalue weighted by Crippen LogP contribution is -2.31.